The van der Waals surface area contributed by atoms with Gasteiger partial charge in [0.1, 0.15) is 12.6 Å². The highest BCUT2D eigenvalue weighted by atomic mass is 16.5. The number of carbonyl (C=O) groups is 3. The number of fused-ring (bicyclic) bond motifs is 3. The fraction of sp³-hybridized carbons (Fsp3) is 0.276. The van der Waals surface area contributed by atoms with Crippen molar-refractivity contribution in [1.29, 1.82) is 0 Å². The maximum absolute atomic E-state index is 12.7. The van der Waals surface area contributed by atoms with Crippen molar-refractivity contribution in [2.45, 2.75) is 44.6 Å². The van der Waals surface area contributed by atoms with Crippen LogP contribution in [0.25, 0.3) is 11.1 Å². The lowest BCUT2D eigenvalue weighted by Crippen LogP contribution is -2.54. The maximum atomic E-state index is 12.7. The average molecular weight is 503 g/mol. The van der Waals surface area contributed by atoms with Gasteiger partial charge in [0.25, 0.3) is 0 Å². The van der Waals surface area contributed by atoms with Crippen LogP contribution in [0.4, 0.5) is 4.79 Å². The summed E-state index contributed by atoms with van der Waals surface area (Å²) in [5.41, 5.74) is 5.27. The predicted octanol–water partition coefficient (Wildman–Crippen LogP) is 4.09. The zero-order chi connectivity index (χ0) is 26.4. The smallest absolute Gasteiger partial charge is 0.407 e. The van der Waals surface area contributed by atoms with E-state index in [1.165, 1.54) is 6.92 Å². The number of hydrogen-bond donors (Lipinski definition) is 3. The van der Waals surface area contributed by atoms with Gasteiger partial charge < -0.3 is 25.2 Å². The number of carboxylic acid groups (broad SMARTS) is 1. The third-order valence-corrected chi connectivity index (χ3v) is 6.46. The van der Waals surface area contributed by atoms with Crippen LogP contribution in [0, 0.1) is 0 Å². The van der Waals surface area contributed by atoms with E-state index in [9.17, 15) is 19.5 Å². The molecule has 3 aromatic carbocycles. The maximum Gasteiger partial charge on any atom is 0.407 e. The van der Waals surface area contributed by atoms with Gasteiger partial charge in [0, 0.05) is 5.92 Å². The highest BCUT2D eigenvalue weighted by Crippen LogP contribution is 2.44. The Morgan fingerprint density at radius 2 is 1.41 bits per heavy atom. The van der Waals surface area contributed by atoms with Crippen molar-refractivity contribution in [2.75, 3.05) is 6.61 Å². The molecule has 3 aromatic rings. The fourth-order valence-corrected chi connectivity index (χ4v) is 4.44. The number of ether oxygens (including phenoxy) is 2. The van der Waals surface area contributed by atoms with Crippen LogP contribution in [0.5, 0.6) is 0 Å². The van der Waals surface area contributed by atoms with E-state index >= 15 is 0 Å². The first-order chi connectivity index (χ1) is 17.8. The summed E-state index contributed by atoms with van der Waals surface area (Å²) >= 11 is 0. The summed E-state index contributed by atoms with van der Waals surface area (Å²) in [5.74, 6) is -2.00. The fourth-order valence-electron chi connectivity index (χ4n) is 4.44. The van der Waals surface area contributed by atoms with Gasteiger partial charge >= 0.3 is 12.1 Å². The zero-order valence-corrected chi connectivity index (χ0v) is 20.7. The van der Waals surface area contributed by atoms with E-state index in [0.29, 0.717) is 0 Å². The molecule has 1 aliphatic rings. The molecule has 0 saturated heterocycles. The third kappa shape index (κ3) is 6.16. The van der Waals surface area contributed by atoms with Gasteiger partial charge in [-0.05, 0) is 41.7 Å². The molecule has 0 heterocycles. The summed E-state index contributed by atoms with van der Waals surface area (Å²) in [5, 5.41) is 14.5. The van der Waals surface area contributed by atoms with E-state index in [4.69, 9.17) is 9.47 Å². The first-order valence-electron chi connectivity index (χ1n) is 12.2. The molecule has 8 heteroatoms. The molecule has 0 aromatic heterocycles. The lowest BCUT2D eigenvalue weighted by molar-refractivity contribution is -0.146. The minimum absolute atomic E-state index is 0.107. The Labute approximate surface area is 215 Å². The standard InChI is InChI=1S/C29H30N2O6/c1-18(27(32)31-26(28(33)34)19(2)36-16-20-10-4-3-5-11-20)30-29(35)37-17-25-23-14-8-6-12-21(23)22-13-7-9-15-24(22)25/h3-15,18-19,25-26H,16-17H2,1-2H3,(H,30,35)(H,31,32)(H,33,34)/t18?,19-,26+/m1/s1. The highest BCUT2D eigenvalue weighted by Gasteiger charge is 2.31. The molecule has 1 unspecified atom stereocenters. The van der Waals surface area contributed by atoms with E-state index in [0.717, 1.165) is 27.8 Å². The van der Waals surface area contributed by atoms with Crippen LogP contribution in [0.2, 0.25) is 0 Å². The van der Waals surface area contributed by atoms with Crippen molar-refractivity contribution in [3.05, 3.63) is 95.6 Å². The van der Waals surface area contributed by atoms with Gasteiger partial charge in [-0.1, -0.05) is 78.9 Å². The Hall–Kier alpha value is -4.17. The van der Waals surface area contributed by atoms with Crippen LogP contribution in [0.1, 0.15) is 36.5 Å². The molecule has 37 heavy (non-hydrogen) atoms. The molecule has 0 fully saturated rings. The van der Waals surface area contributed by atoms with Crippen LogP contribution in [0.3, 0.4) is 0 Å². The minimum Gasteiger partial charge on any atom is -0.480 e. The van der Waals surface area contributed by atoms with Gasteiger partial charge in [0.05, 0.1) is 12.7 Å². The predicted molar refractivity (Wildman–Crippen MR) is 138 cm³/mol. The molecule has 2 amide bonds. The molecular weight excluding hydrogens is 472 g/mol. The molecule has 3 atom stereocenters. The molecule has 0 aliphatic heterocycles. The largest absolute Gasteiger partial charge is 0.480 e. The van der Waals surface area contributed by atoms with Crippen molar-refractivity contribution < 1.29 is 29.0 Å². The second kappa shape index (κ2) is 11.7. The van der Waals surface area contributed by atoms with Crippen molar-refractivity contribution in [1.82, 2.24) is 10.6 Å². The third-order valence-electron chi connectivity index (χ3n) is 6.46. The Balaban J connectivity index is 1.30. The quantitative estimate of drug-likeness (QED) is 0.385. The molecule has 0 bridgehead atoms. The Kier molecular flexibility index (Phi) is 8.20. The Morgan fingerprint density at radius 3 is 2.00 bits per heavy atom. The Morgan fingerprint density at radius 1 is 0.838 bits per heavy atom. The first-order valence-corrected chi connectivity index (χ1v) is 12.2. The van der Waals surface area contributed by atoms with Crippen LogP contribution in [0.15, 0.2) is 78.9 Å². The normalized spacial score (nSPS) is 14.5. The van der Waals surface area contributed by atoms with Crippen LogP contribution >= 0.6 is 0 Å². The summed E-state index contributed by atoms with van der Waals surface area (Å²) < 4.78 is 11.1. The summed E-state index contributed by atoms with van der Waals surface area (Å²) in [7, 11) is 0. The van der Waals surface area contributed by atoms with Crippen molar-refractivity contribution in [3.63, 3.8) is 0 Å². The van der Waals surface area contributed by atoms with E-state index in [2.05, 4.69) is 10.6 Å². The molecule has 0 spiro atoms. The number of carbonyl (C=O) groups excluding carboxylic acids is 2. The molecule has 192 valence electrons. The molecule has 8 nitrogen and oxygen atoms in total. The molecule has 4 rings (SSSR count). The number of carboxylic acids is 1. The van der Waals surface area contributed by atoms with Gasteiger partial charge in [-0.15, -0.1) is 0 Å². The summed E-state index contributed by atoms with van der Waals surface area (Å²) in [6.45, 7) is 3.35. The van der Waals surface area contributed by atoms with Gasteiger partial charge in [0.2, 0.25) is 5.91 Å². The van der Waals surface area contributed by atoms with Crippen molar-refractivity contribution in [3.8, 4) is 11.1 Å². The van der Waals surface area contributed by atoms with Gasteiger partial charge in [-0.25, -0.2) is 9.59 Å². The molecule has 3 N–H and O–H groups in total. The summed E-state index contributed by atoms with van der Waals surface area (Å²) in [4.78, 5) is 36.9. The van der Waals surface area contributed by atoms with Crippen molar-refractivity contribution >= 4 is 18.0 Å². The lowest BCUT2D eigenvalue weighted by atomic mass is 9.98. The SMILES string of the molecule is CC(NC(=O)OCC1c2ccccc2-c2ccccc21)C(=O)N[C@H](C(=O)O)[C@@H](C)OCc1ccccc1. The van der Waals surface area contributed by atoms with Gasteiger partial charge in [-0.2, -0.15) is 0 Å². The van der Waals surface area contributed by atoms with Crippen LogP contribution < -0.4 is 10.6 Å². The summed E-state index contributed by atoms with van der Waals surface area (Å²) in [6.07, 6.45) is -1.56. The number of rotatable bonds is 10. The van der Waals surface area contributed by atoms with Gasteiger partial charge in [-0.3, -0.25) is 4.79 Å². The minimum atomic E-state index is -1.29. The second-order valence-electron chi connectivity index (χ2n) is 9.02. The highest BCUT2D eigenvalue weighted by molar-refractivity contribution is 5.89. The van der Waals surface area contributed by atoms with E-state index in [-0.39, 0.29) is 19.1 Å². The van der Waals surface area contributed by atoms with E-state index in [1.807, 2.05) is 78.9 Å². The number of nitrogens with one attached hydrogen (secondary N) is 2. The lowest BCUT2D eigenvalue weighted by Gasteiger charge is -2.24. The average Bonchev–Trinajstić information content (AvgIpc) is 3.23. The number of alkyl carbamates (subject to hydrolysis) is 1. The van der Waals surface area contributed by atoms with E-state index < -0.39 is 36.2 Å². The Bertz CT molecular complexity index is 1220. The first kappa shape index (κ1) is 25.9. The number of amides is 2. The van der Waals surface area contributed by atoms with Crippen LogP contribution in [-0.4, -0.2) is 47.9 Å². The molecule has 0 saturated carbocycles. The summed E-state index contributed by atoms with van der Waals surface area (Å²) in [6, 6.07) is 23.0. The van der Waals surface area contributed by atoms with E-state index in [1.54, 1.807) is 6.92 Å². The molecular formula is C29H30N2O6. The van der Waals surface area contributed by atoms with Gasteiger partial charge in [0.15, 0.2) is 6.04 Å². The number of hydrogen-bond acceptors (Lipinski definition) is 5. The monoisotopic (exact) mass is 502 g/mol. The van der Waals surface area contributed by atoms with Crippen molar-refractivity contribution in [2.24, 2.45) is 0 Å². The number of aliphatic carboxylic acids is 1. The molecule has 0 radical (unpaired) electrons. The number of benzene rings is 3. The van der Waals surface area contributed by atoms with Crippen LogP contribution in [-0.2, 0) is 25.7 Å². The topological polar surface area (TPSA) is 114 Å². The zero-order valence-electron chi connectivity index (χ0n) is 20.7. The molecule has 1 aliphatic carbocycles. The second-order valence-corrected chi connectivity index (χ2v) is 9.02.